The van der Waals surface area contributed by atoms with Crippen molar-refractivity contribution in [3.05, 3.63) is 59.9 Å². The van der Waals surface area contributed by atoms with Crippen molar-refractivity contribution in [1.29, 1.82) is 0 Å². The normalized spacial score (nSPS) is 15.9. The second kappa shape index (κ2) is 8.64. The number of nitrogens with zero attached hydrogens (tertiary/aromatic N) is 2. The number of methoxy groups -OCH3 is 1. The molecule has 2 heterocycles. The number of rotatable bonds is 6. The SMILES string of the molecule is COc1ccc(C(=O)N[C@@H](C(=O)N2CCCC2)[C@@H](O)c2ccncc2)cc1. The molecule has 7 heteroatoms. The Bertz CT molecular complexity index is 774. The second-order valence-electron chi connectivity index (χ2n) is 6.44. The minimum Gasteiger partial charge on any atom is -0.497 e. The third-order valence-electron chi connectivity index (χ3n) is 4.69. The van der Waals surface area contributed by atoms with Gasteiger partial charge in [0.2, 0.25) is 5.91 Å². The Hall–Kier alpha value is -2.93. The van der Waals surface area contributed by atoms with Crippen LogP contribution in [-0.2, 0) is 4.79 Å². The lowest BCUT2D eigenvalue weighted by molar-refractivity contribution is -0.135. The topological polar surface area (TPSA) is 91.8 Å². The monoisotopic (exact) mass is 369 g/mol. The summed E-state index contributed by atoms with van der Waals surface area (Å²) in [5, 5.41) is 13.5. The highest BCUT2D eigenvalue weighted by Crippen LogP contribution is 2.21. The molecule has 0 radical (unpaired) electrons. The number of amides is 2. The number of ether oxygens (including phenoxy) is 1. The lowest BCUT2D eigenvalue weighted by Gasteiger charge is -2.28. The molecule has 1 saturated heterocycles. The van der Waals surface area contributed by atoms with E-state index in [2.05, 4.69) is 10.3 Å². The number of carbonyl (C=O) groups is 2. The maximum atomic E-state index is 12.9. The Kier molecular flexibility index (Phi) is 6.03. The summed E-state index contributed by atoms with van der Waals surface area (Å²) in [5.74, 6) is -0.0740. The molecule has 1 aliphatic heterocycles. The van der Waals surface area contributed by atoms with Crippen LogP contribution in [0.5, 0.6) is 5.75 Å². The molecule has 0 aliphatic carbocycles. The first-order valence-electron chi connectivity index (χ1n) is 8.92. The second-order valence-corrected chi connectivity index (χ2v) is 6.44. The largest absolute Gasteiger partial charge is 0.497 e. The van der Waals surface area contributed by atoms with Crippen molar-refractivity contribution in [3.8, 4) is 5.75 Å². The Morgan fingerprint density at radius 2 is 1.74 bits per heavy atom. The van der Waals surface area contributed by atoms with E-state index in [1.54, 1.807) is 60.8 Å². The van der Waals surface area contributed by atoms with Crippen molar-refractivity contribution in [2.24, 2.45) is 0 Å². The number of aliphatic hydroxyl groups excluding tert-OH is 1. The van der Waals surface area contributed by atoms with Gasteiger partial charge in [0, 0.05) is 31.0 Å². The maximum Gasteiger partial charge on any atom is 0.252 e. The van der Waals surface area contributed by atoms with Crippen LogP contribution >= 0.6 is 0 Å². The van der Waals surface area contributed by atoms with Crippen LogP contribution in [0.15, 0.2) is 48.8 Å². The number of likely N-dealkylation sites (tertiary alicyclic amines) is 1. The molecule has 1 aromatic carbocycles. The quantitative estimate of drug-likeness (QED) is 0.806. The summed E-state index contributed by atoms with van der Waals surface area (Å²) >= 11 is 0. The summed E-state index contributed by atoms with van der Waals surface area (Å²) in [6, 6.07) is 8.77. The van der Waals surface area contributed by atoms with E-state index in [1.165, 1.54) is 0 Å². The summed E-state index contributed by atoms with van der Waals surface area (Å²) in [4.78, 5) is 31.2. The van der Waals surface area contributed by atoms with E-state index in [0.29, 0.717) is 30.0 Å². The molecule has 2 N–H and O–H groups in total. The van der Waals surface area contributed by atoms with Crippen molar-refractivity contribution < 1.29 is 19.4 Å². The minimum absolute atomic E-state index is 0.279. The standard InChI is InChI=1S/C20H23N3O4/c1-27-16-6-4-15(5-7-16)19(25)22-17(20(26)23-12-2-3-13-23)18(24)14-8-10-21-11-9-14/h4-11,17-18,24H,2-3,12-13H2,1H3,(H,22,25)/t17-,18+/m1/s1. The van der Waals surface area contributed by atoms with Gasteiger partial charge in [0.25, 0.3) is 5.91 Å². The van der Waals surface area contributed by atoms with Crippen LogP contribution in [0.25, 0.3) is 0 Å². The lowest BCUT2D eigenvalue weighted by atomic mass is 10.0. The van der Waals surface area contributed by atoms with E-state index in [0.717, 1.165) is 12.8 Å². The van der Waals surface area contributed by atoms with Gasteiger partial charge in [0.05, 0.1) is 7.11 Å². The minimum atomic E-state index is -1.16. The van der Waals surface area contributed by atoms with Gasteiger partial charge in [0.15, 0.2) is 0 Å². The summed E-state index contributed by atoms with van der Waals surface area (Å²) in [6.07, 6.45) is 3.78. The van der Waals surface area contributed by atoms with Crippen LogP contribution in [0, 0.1) is 0 Å². The number of aromatic nitrogens is 1. The van der Waals surface area contributed by atoms with Crippen molar-refractivity contribution in [3.63, 3.8) is 0 Å². The number of benzene rings is 1. The average molecular weight is 369 g/mol. The third-order valence-corrected chi connectivity index (χ3v) is 4.69. The van der Waals surface area contributed by atoms with Gasteiger partial charge in [-0.05, 0) is 54.8 Å². The zero-order valence-electron chi connectivity index (χ0n) is 15.2. The van der Waals surface area contributed by atoms with Gasteiger partial charge in [-0.2, -0.15) is 0 Å². The van der Waals surface area contributed by atoms with Gasteiger partial charge in [-0.25, -0.2) is 0 Å². The zero-order chi connectivity index (χ0) is 19.2. The molecule has 1 fully saturated rings. The van der Waals surface area contributed by atoms with Crippen molar-refractivity contribution in [2.75, 3.05) is 20.2 Å². The summed E-state index contributed by atoms with van der Waals surface area (Å²) in [5.41, 5.74) is 0.912. The smallest absolute Gasteiger partial charge is 0.252 e. The average Bonchev–Trinajstić information content (AvgIpc) is 3.26. The van der Waals surface area contributed by atoms with Gasteiger partial charge in [0.1, 0.15) is 17.9 Å². The number of hydrogen-bond donors (Lipinski definition) is 2. The Balaban J connectivity index is 1.81. The number of aliphatic hydroxyl groups is 1. The fourth-order valence-electron chi connectivity index (χ4n) is 3.13. The molecule has 2 amide bonds. The number of carbonyl (C=O) groups excluding carboxylic acids is 2. The van der Waals surface area contributed by atoms with Gasteiger partial charge < -0.3 is 20.1 Å². The highest BCUT2D eigenvalue weighted by Gasteiger charge is 2.34. The summed E-state index contributed by atoms with van der Waals surface area (Å²) < 4.78 is 5.09. The highest BCUT2D eigenvalue weighted by atomic mass is 16.5. The van der Waals surface area contributed by atoms with Gasteiger partial charge in [-0.1, -0.05) is 0 Å². The molecule has 2 atom stereocenters. The fourth-order valence-corrected chi connectivity index (χ4v) is 3.13. The Labute approximate surface area is 158 Å². The molecule has 7 nitrogen and oxygen atoms in total. The molecule has 1 aromatic heterocycles. The third kappa shape index (κ3) is 4.43. The molecular formula is C20H23N3O4. The molecule has 0 unspecified atom stereocenters. The first-order chi connectivity index (χ1) is 13.1. The van der Waals surface area contributed by atoms with Gasteiger partial charge in [-0.3, -0.25) is 14.6 Å². The van der Waals surface area contributed by atoms with E-state index in [4.69, 9.17) is 4.74 Å². The molecule has 142 valence electrons. The van der Waals surface area contributed by atoms with E-state index >= 15 is 0 Å². The molecule has 27 heavy (non-hydrogen) atoms. The summed E-state index contributed by atoms with van der Waals surface area (Å²) in [7, 11) is 1.55. The van der Waals surface area contributed by atoms with E-state index in [-0.39, 0.29) is 5.91 Å². The fraction of sp³-hybridized carbons (Fsp3) is 0.350. The lowest BCUT2D eigenvalue weighted by Crippen LogP contribution is -2.51. The molecular weight excluding hydrogens is 346 g/mol. The predicted octanol–water partition coefficient (Wildman–Crippen LogP) is 1.54. The Morgan fingerprint density at radius 1 is 1.11 bits per heavy atom. The van der Waals surface area contributed by atoms with E-state index in [1.807, 2.05) is 0 Å². The molecule has 0 bridgehead atoms. The van der Waals surface area contributed by atoms with Crippen LogP contribution < -0.4 is 10.1 Å². The predicted molar refractivity (Wildman–Crippen MR) is 99.3 cm³/mol. The van der Waals surface area contributed by atoms with Crippen LogP contribution in [-0.4, -0.2) is 53.0 Å². The van der Waals surface area contributed by atoms with Crippen LogP contribution in [0.4, 0.5) is 0 Å². The van der Waals surface area contributed by atoms with E-state index < -0.39 is 18.1 Å². The van der Waals surface area contributed by atoms with Crippen LogP contribution in [0.3, 0.4) is 0 Å². The van der Waals surface area contributed by atoms with E-state index in [9.17, 15) is 14.7 Å². The number of pyridine rings is 1. The molecule has 0 spiro atoms. The van der Waals surface area contributed by atoms with Crippen molar-refractivity contribution >= 4 is 11.8 Å². The Morgan fingerprint density at radius 3 is 2.33 bits per heavy atom. The van der Waals surface area contributed by atoms with Crippen molar-refractivity contribution in [2.45, 2.75) is 25.0 Å². The molecule has 3 rings (SSSR count). The molecule has 2 aromatic rings. The van der Waals surface area contributed by atoms with Crippen LogP contribution in [0.1, 0.15) is 34.9 Å². The van der Waals surface area contributed by atoms with Crippen LogP contribution in [0.2, 0.25) is 0 Å². The first kappa shape index (κ1) is 18.8. The highest BCUT2D eigenvalue weighted by molar-refractivity contribution is 5.98. The van der Waals surface area contributed by atoms with Gasteiger partial charge in [-0.15, -0.1) is 0 Å². The first-order valence-corrected chi connectivity index (χ1v) is 8.92. The number of nitrogens with one attached hydrogen (secondary N) is 1. The number of hydrogen-bond acceptors (Lipinski definition) is 5. The van der Waals surface area contributed by atoms with Gasteiger partial charge >= 0.3 is 0 Å². The zero-order valence-corrected chi connectivity index (χ0v) is 15.2. The molecule has 0 saturated carbocycles. The maximum absolute atomic E-state index is 12.9. The molecule has 1 aliphatic rings. The summed E-state index contributed by atoms with van der Waals surface area (Å²) in [6.45, 7) is 1.27. The van der Waals surface area contributed by atoms with Crippen molar-refractivity contribution in [1.82, 2.24) is 15.2 Å².